The minimum Gasteiger partial charge on any atom is -0.494 e. The van der Waals surface area contributed by atoms with Crippen LogP contribution in [0.25, 0.3) is 17.1 Å². The predicted molar refractivity (Wildman–Crippen MR) is 125 cm³/mol. The average Bonchev–Trinajstić information content (AvgIpc) is 3.22. The van der Waals surface area contributed by atoms with E-state index in [4.69, 9.17) is 4.74 Å². The monoisotopic (exact) mass is 494 g/mol. The molecule has 1 aromatic heterocycles. The number of carbonyl (C=O) groups excluding carboxylic acids is 1. The van der Waals surface area contributed by atoms with Gasteiger partial charge in [-0.2, -0.15) is 0 Å². The van der Waals surface area contributed by atoms with Crippen LogP contribution in [-0.2, 0) is 0 Å². The van der Waals surface area contributed by atoms with Crippen LogP contribution in [0.2, 0.25) is 0 Å². The fraction of sp³-hybridized carbons (Fsp3) is 0.125. The number of anilines is 1. The molecular weight excluding hydrogens is 475 g/mol. The second-order valence-corrected chi connectivity index (χ2v) is 7.93. The van der Waals surface area contributed by atoms with Gasteiger partial charge in [0.1, 0.15) is 11.6 Å². The third-order valence-electron chi connectivity index (χ3n) is 4.74. The molecule has 32 heavy (non-hydrogen) atoms. The highest BCUT2D eigenvalue weighted by Crippen LogP contribution is 2.25. The van der Waals surface area contributed by atoms with Crippen LogP contribution >= 0.6 is 15.9 Å². The molecule has 3 aromatic carbocycles. The number of hydrogen-bond acceptors (Lipinski definition) is 4. The smallest absolute Gasteiger partial charge is 0.295 e. The van der Waals surface area contributed by atoms with Crippen molar-refractivity contribution in [3.63, 3.8) is 0 Å². The SMILES string of the molecule is CCOc1ccc(-n2nc(C(=O)Nc3ccc(Br)cc3C)nc2-c2ccc(F)cc2)cc1. The summed E-state index contributed by atoms with van der Waals surface area (Å²) in [6.45, 7) is 4.37. The zero-order chi connectivity index (χ0) is 22.7. The molecule has 0 aliphatic heterocycles. The summed E-state index contributed by atoms with van der Waals surface area (Å²) >= 11 is 3.42. The van der Waals surface area contributed by atoms with Crippen LogP contribution in [-0.4, -0.2) is 27.3 Å². The number of carbonyl (C=O) groups is 1. The van der Waals surface area contributed by atoms with E-state index < -0.39 is 5.91 Å². The van der Waals surface area contributed by atoms with Gasteiger partial charge in [-0.15, -0.1) is 5.10 Å². The molecule has 1 heterocycles. The Balaban J connectivity index is 1.73. The van der Waals surface area contributed by atoms with Crippen molar-refractivity contribution in [1.29, 1.82) is 0 Å². The van der Waals surface area contributed by atoms with E-state index in [0.29, 0.717) is 29.4 Å². The lowest BCUT2D eigenvalue weighted by molar-refractivity contribution is 0.101. The average molecular weight is 495 g/mol. The molecule has 1 amide bonds. The Morgan fingerprint density at radius 1 is 1.09 bits per heavy atom. The van der Waals surface area contributed by atoms with Crippen LogP contribution in [0.5, 0.6) is 5.75 Å². The Kier molecular flexibility index (Phi) is 6.32. The van der Waals surface area contributed by atoms with Gasteiger partial charge in [0, 0.05) is 15.7 Å². The fourth-order valence-corrected chi connectivity index (χ4v) is 3.65. The zero-order valence-electron chi connectivity index (χ0n) is 17.5. The van der Waals surface area contributed by atoms with Crippen molar-refractivity contribution in [2.75, 3.05) is 11.9 Å². The molecule has 0 aliphatic rings. The molecule has 4 aromatic rings. The van der Waals surface area contributed by atoms with E-state index in [-0.39, 0.29) is 11.6 Å². The molecule has 0 atom stereocenters. The summed E-state index contributed by atoms with van der Waals surface area (Å²) in [5.74, 6) is 0.351. The third-order valence-corrected chi connectivity index (χ3v) is 5.23. The van der Waals surface area contributed by atoms with E-state index in [9.17, 15) is 9.18 Å². The van der Waals surface area contributed by atoms with Crippen LogP contribution in [0, 0.1) is 12.7 Å². The Bertz CT molecular complexity index is 1250. The van der Waals surface area contributed by atoms with Gasteiger partial charge in [0.05, 0.1) is 12.3 Å². The normalized spacial score (nSPS) is 10.8. The number of amides is 1. The number of halogens is 2. The Labute approximate surface area is 193 Å². The van der Waals surface area contributed by atoms with E-state index in [0.717, 1.165) is 15.8 Å². The minimum atomic E-state index is -0.441. The van der Waals surface area contributed by atoms with Gasteiger partial charge < -0.3 is 10.1 Å². The van der Waals surface area contributed by atoms with Gasteiger partial charge >= 0.3 is 0 Å². The van der Waals surface area contributed by atoms with Crippen molar-refractivity contribution in [3.05, 3.63) is 88.4 Å². The predicted octanol–water partition coefficient (Wildman–Crippen LogP) is 5.80. The van der Waals surface area contributed by atoms with Gasteiger partial charge in [-0.05, 0) is 86.1 Å². The van der Waals surface area contributed by atoms with Crippen LogP contribution < -0.4 is 10.1 Å². The van der Waals surface area contributed by atoms with Crippen molar-refractivity contribution >= 4 is 27.5 Å². The number of hydrogen-bond donors (Lipinski definition) is 1. The maximum absolute atomic E-state index is 13.5. The van der Waals surface area contributed by atoms with Crippen molar-refractivity contribution in [3.8, 4) is 22.8 Å². The van der Waals surface area contributed by atoms with E-state index in [2.05, 4.69) is 31.3 Å². The van der Waals surface area contributed by atoms with Crippen molar-refractivity contribution in [2.24, 2.45) is 0 Å². The van der Waals surface area contributed by atoms with Crippen molar-refractivity contribution < 1.29 is 13.9 Å². The Morgan fingerprint density at radius 2 is 1.81 bits per heavy atom. The second-order valence-electron chi connectivity index (χ2n) is 7.02. The number of aromatic nitrogens is 3. The maximum Gasteiger partial charge on any atom is 0.295 e. The lowest BCUT2D eigenvalue weighted by atomic mass is 10.2. The van der Waals surface area contributed by atoms with Gasteiger partial charge in [-0.25, -0.2) is 14.1 Å². The molecule has 0 radical (unpaired) electrons. The highest BCUT2D eigenvalue weighted by atomic mass is 79.9. The van der Waals surface area contributed by atoms with Crippen LogP contribution in [0.15, 0.2) is 71.2 Å². The molecule has 6 nitrogen and oxygen atoms in total. The van der Waals surface area contributed by atoms with Gasteiger partial charge in [0.15, 0.2) is 5.82 Å². The topological polar surface area (TPSA) is 69.0 Å². The molecule has 8 heteroatoms. The molecule has 1 N–H and O–H groups in total. The first kappa shape index (κ1) is 21.7. The third kappa shape index (κ3) is 4.70. The summed E-state index contributed by atoms with van der Waals surface area (Å²) in [4.78, 5) is 17.4. The van der Waals surface area contributed by atoms with Crippen LogP contribution in [0.4, 0.5) is 10.1 Å². The molecule has 0 saturated heterocycles. The van der Waals surface area contributed by atoms with Gasteiger partial charge in [-0.1, -0.05) is 15.9 Å². The van der Waals surface area contributed by atoms with Gasteiger partial charge in [0.25, 0.3) is 5.91 Å². The zero-order valence-corrected chi connectivity index (χ0v) is 19.1. The lowest BCUT2D eigenvalue weighted by Crippen LogP contribution is -2.15. The number of aryl methyl sites for hydroxylation is 1. The molecule has 0 bridgehead atoms. The summed E-state index contributed by atoms with van der Waals surface area (Å²) in [5.41, 5.74) is 2.89. The van der Waals surface area contributed by atoms with E-state index in [1.54, 1.807) is 16.8 Å². The molecule has 0 saturated carbocycles. The van der Waals surface area contributed by atoms with Crippen molar-refractivity contribution in [1.82, 2.24) is 14.8 Å². The van der Waals surface area contributed by atoms with E-state index in [1.807, 2.05) is 56.3 Å². The first-order valence-electron chi connectivity index (χ1n) is 9.98. The molecular formula is C24H20BrFN4O2. The number of ether oxygens (including phenoxy) is 1. The largest absolute Gasteiger partial charge is 0.494 e. The van der Waals surface area contributed by atoms with Crippen LogP contribution in [0.1, 0.15) is 23.1 Å². The van der Waals surface area contributed by atoms with Gasteiger partial charge in [0.2, 0.25) is 5.82 Å². The summed E-state index contributed by atoms with van der Waals surface area (Å²) in [6.07, 6.45) is 0. The van der Waals surface area contributed by atoms with E-state index in [1.165, 1.54) is 12.1 Å². The standard InChI is InChI=1S/C24H20BrFN4O2/c1-3-32-20-11-9-19(10-12-20)30-23(16-4-7-18(26)8-5-16)28-22(29-30)24(31)27-21-13-6-17(25)14-15(21)2/h4-14H,3H2,1-2H3,(H,27,31). The first-order valence-corrected chi connectivity index (χ1v) is 10.8. The Morgan fingerprint density at radius 3 is 2.47 bits per heavy atom. The molecule has 162 valence electrons. The number of nitrogens with one attached hydrogen (secondary N) is 1. The summed E-state index contributed by atoms with van der Waals surface area (Å²) in [6, 6.07) is 18.7. The molecule has 0 spiro atoms. The number of nitrogens with zero attached hydrogens (tertiary/aromatic N) is 3. The summed E-state index contributed by atoms with van der Waals surface area (Å²) in [5, 5.41) is 7.30. The first-order chi connectivity index (χ1) is 15.4. The maximum atomic E-state index is 13.5. The molecule has 0 fully saturated rings. The van der Waals surface area contributed by atoms with Crippen LogP contribution in [0.3, 0.4) is 0 Å². The Hall–Kier alpha value is -3.52. The van der Waals surface area contributed by atoms with Gasteiger partial charge in [-0.3, -0.25) is 4.79 Å². The molecule has 4 rings (SSSR count). The summed E-state index contributed by atoms with van der Waals surface area (Å²) in [7, 11) is 0. The quantitative estimate of drug-likeness (QED) is 0.368. The van der Waals surface area contributed by atoms with Crippen molar-refractivity contribution in [2.45, 2.75) is 13.8 Å². The minimum absolute atomic E-state index is 0.000489. The second kappa shape index (κ2) is 9.32. The fourth-order valence-electron chi connectivity index (χ4n) is 3.17. The van der Waals surface area contributed by atoms with E-state index >= 15 is 0 Å². The highest BCUT2D eigenvalue weighted by Gasteiger charge is 2.19. The highest BCUT2D eigenvalue weighted by molar-refractivity contribution is 9.10. The number of benzene rings is 3. The molecule has 0 aliphatic carbocycles. The molecule has 0 unspecified atom stereocenters. The summed E-state index contributed by atoms with van der Waals surface area (Å²) < 4.78 is 21.4. The number of rotatable bonds is 6. The lowest BCUT2D eigenvalue weighted by Gasteiger charge is -2.08.